The highest BCUT2D eigenvalue weighted by Gasteiger charge is 2.40. The Morgan fingerprint density at radius 2 is 1.92 bits per heavy atom. The van der Waals surface area contributed by atoms with Gasteiger partial charge in [-0.25, -0.2) is 0 Å². The third kappa shape index (κ3) is 4.85. The molecule has 0 saturated carbocycles. The summed E-state index contributed by atoms with van der Waals surface area (Å²) < 4.78 is 5.90. The van der Waals surface area contributed by atoms with E-state index in [1.165, 1.54) is 11.1 Å². The molecule has 1 N–H and O–H groups in total. The fraction of sp³-hybridized carbons (Fsp3) is 0.409. The maximum atomic E-state index is 11.4. The molecule has 0 aliphatic carbocycles. The van der Waals surface area contributed by atoms with E-state index in [9.17, 15) is 9.90 Å². The number of carboxylic acid groups (broad SMARTS) is 1. The zero-order valence-corrected chi connectivity index (χ0v) is 15.4. The minimum Gasteiger partial charge on any atom is -0.494 e. The summed E-state index contributed by atoms with van der Waals surface area (Å²) in [5, 5.41) is 9.36. The van der Waals surface area contributed by atoms with Crippen molar-refractivity contribution < 1.29 is 14.6 Å². The van der Waals surface area contributed by atoms with Crippen LogP contribution in [0.2, 0.25) is 0 Å². The zero-order chi connectivity index (χ0) is 18.4. The van der Waals surface area contributed by atoms with Gasteiger partial charge in [-0.1, -0.05) is 42.5 Å². The Balaban J connectivity index is 1.47. The molecule has 0 spiro atoms. The van der Waals surface area contributed by atoms with E-state index in [2.05, 4.69) is 41.3 Å². The number of hydrogen-bond donors (Lipinski definition) is 1. The Morgan fingerprint density at radius 3 is 2.65 bits per heavy atom. The second-order valence-electron chi connectivity index (χ2n) is 7.41. The van der Waals surface area contributed by atoms with Gasteiger partial charge in [0.25, 0.3) is 0 Å². The van der Waals surface area contributed by atoms with Crippen molar-refractivity contribution in [2.24, 2.45) is 5.41 Å². The molecule has 0 amide bonds. The maximum absolute atomic E-state index is 11.4. The summed E-state index contributed by atoms with van der Waals surface area (Å²) in [7, 11) is 0. The van der Waals surface area contributed by atoms with Crippen molar-refractivity contribution in [3.63, 3.8) is 0 Å². The van der Waals surface area contributed by atoms with Crippen molar-refractivity contribution >= 4 is 5.97 Å². The summed E-state index contributed by atoms with van der Waals surface area (Å²) in [6.07, 6.45) is 2.71. The summed E-state index contributed by atoms with van der Waals surface area (Å²) in [5.41, 5.74) is 1.88. The molecule has 0 radical (unpaired) electrons. The molecule has 1 atom stereocenters. The molecule has 1 saturated heterocycles. The fourth-order valence-electron chi connectivity index (χ4n) is 3.47. The monoisotopic (exact) mass is 353 g/mol. The summed E-state index contributed by atoms with van der Waals surface area (Å²) in [5.74, 6) is 0.186. The van der Waals surface area contributed by atoms with Gasteiger partial charge in [0.2, 0.25) is 0 Å². The smallest absolute Gasteiger partial charge is 0.310 e. The van der Waals surface area contributed by atoms with Crippen LogP contribution >= 0.6 is 0 Å². The number of nitrogens with zero attached hydrogens (tertiary/aromatic N) is 1. The molecule has 4 nitrogen and oxygen atoms in total. The van der Waals surface area contributed by atoms with Crippen molar-refractivity contribution in [3.05, 3.63) is 65.7 Å². The van der Waals surface area contributed by atoms with Crippen molar-refractivity contribution in [2.75, 3.05) is 19.7 Å². The number of carbonyl (C=O) groups is 1. The van der Waals surface area contributed by atoms with Crippen LogP contribution in [0.1, 0.15) is 30.9 Å². The van der Waals surface area contributed by atoms with Gasteiger partial charge < -0.3 is 9.84 Å². The van der Waals surface area contributed by atoms with Crippen molar-refractivity contribution in [2.45, 2.75) is 32.7 Å². The molecule has 1 aliphatic heterocycles. The number of aliphatic carboxylic acids is 1. The number of hydrogen-bond acceptors (Lipinski definition) is 3. The number of benzene rings is 2. The first-order valence-corrected chi connectivity index (χ1v) is 9.27. The van der Waals surface area contributed by atoms with Crippen LogP contribution in [0.4, 0.5) is 0 Å². The first-order valence-electron chi connectivity index (χ1n) is 9.27. The van der Waals surface area contributed by atoms with E-state index >= 15 is 0 Å². The molecule has 0 bridgehead atoms. The summed E-state index contributed by atoms with van der Waals surface area (Å²) in [6, 6.07) is 18.6. The summed E-state index contributed by atoms with van der Waals surface area (Å²) in [4.78, 5) is 13.6. The van der Waals surface area contributed by atoms with Crippen LogP contribution in [0.15, 0.2) is 54.6 Å². The molecule has 2 aromatic carbocycles. The molecule has 138 valence electrons. The molecule has 3 rings (SSSR count). The third-order valence-corrected chi connectivity index (χ3v) is 5.09. The van der Waals surface area contributed by atoms with Gasteiger partial charge in [0, 0.05) is 13.1 Å². The van der Waals surface area contributed by atoms with Gasteiger partial charge in [0.15, 0.2) is 0 Å². The third-order valence-electron chi connectivity index (χ3n) is 5.09. The standard InChI is InChI=1S/C22H27NO3/c1-22(21(24)25)12-13-23(17-22)16-19-9-5-11-20(15-19)26-14-6-10-18-7-3-2-4-8-18/h2-5,7-9,11,15H,6,10,12-14,16-17H2,1H3,(H,24,25). The highest BCUT2D eigenvalue weighted by atomic mass is 16.5. The predicted molar refractivity (Wildman–Crippen MR) is 102 cm³/mol. The lowest BCUT2D eigenvalue weighted by atomic mass is 9.90. The van der Waals surface area contributed by atoms with Crippen LogP contribution in [0.3, 0.4) is 0 Å². The Kier molecular flexibility index (Phi) is 5.94. The lowest BCUT2D eigenvalue weighted by Crippen LogP contribution is -2.31. The minimum absolute atomic E-state index is 0.602. The summed E-state index contributed by atoms with van der Waals surface area (Å²) >= 11 is 0. The Bertz CT molecular complexity index is 731. The topological polar surface area (TPSA) is 49.8 Å². The molecule has 0 aromatic heterocycles. The Hall–Kier alpha value is -2.33. The van der Waals surface area contributed by atoms with Gasteiger partial charge in [0.1, 0.15) is 5.75 Å². The average Bonchev–Trinajstić information content (AvgIpc) is 3.02. The molecule has 1 fully saturated rings. The molecule has 1 unspecified atom stereocenters. The first-order chi connectivity index (χ1) is 12.5. The quantitative estimate of drug-likeness (QED) is 0.729. The predicted octanol–water partition coefficient (Wildman–Crippen LogP) is 3.99. The van der Waals surface area contributed by atoms with E-state index in [4.69, 9.17) is 4.74 Å². The van der Waals surface area contributed by atoms with Gasteiger partial charge >= 0.3 is 5.97 Å². The molecule has 26 heavy (non-hydrogen) atoms. The highest BCUT2D eigenvalue weighted by Crippen LogP contribution is 2.31. The van der Waals surface area contributed by atoms with Gasteiger partial charge in [-0.15, -0.1) is 0 Å². The molecule has 2 aromatic rings. The van der Waals surface area contributed by atoms with Crippen LogP contribution in [0, 0.1) is 5.41 Å². The van der Waals surface area contributed by atoms with E-state index in [1.54, 1.807) is 0 Å². The number of rotatable bonds is 8. The number of aryl methyl sites for hydroxylation is 1. The van der Waals surface area contributed by atoms with Crippen LogP contribution in [0.25, 0.3) is 0 Å². The van der Waals surface area contributed by atoms with Crippen molar-refractivity contribution in [1.29, 1.82) is 0 Å². The molecular formula is C22H27NO3. The SMILES string of the molecule is CC1(C(=O)O)CCN(Cc2cccc(OCCCc3ccccc3)c2)C1. The Morgan fingerprint density at radius 1 is 1.15 bits per heavy atom. The van der Waals surface area contributed by atoms with E-state index in [0.29, 0.717) is 19.6 Å². The van der Waals surface area contributed by atoms with E-state index in [0.717, 1.165) is 31.7 Å². The van der Waals surface area contributed by atoms with E-state index < -0.39 is 11.4 Å². The van der Waals surface area contributed by atoms with Gasteiger partial charge in [-0.05, 0) is 56.0 Å². The largest absolute Gasteiger partial charge is 0.494 e. The molecule has 1 heterocycles. The van der Waals surface area contributed by atoms with Crippen molar-refractivity contribution in [1.82, 2.24) is 4.90 Å². The fourth-order valence-corrected chi connectivity index (χ4v) is 3.47. The van der Waals surface area contributed by atoms with Gasteiger partial charge in [-0.2, -0.15) is 0 Å². The number of ether oxygens (including phenoxy) is 1. The zero-order valence-electron chi connectivity index (χ0n) is 15.4. The molecule has 1 aliphatic rings. The average molecular weight is 353 g/mol. The molecular weight excluding hydrogens is 326 g/mol. The van der Waals surface area contributed by atoms with Crippen LogP contribution in [0.5, 0.6) is 5.75 Å². The number of carboxylic acids is 1. The van der Waals surface area contributed by atoms with Crippen molar-refractivity contribution in [3.8, 4) is 5.75 Å². The van der Waals surface area contributed by atoms with Crippen LogP contribution in [-0.2, 0) is 17.8 Å². The summed E-state index contributed by atoms with van der Waals surface area (Å²) in [6.45, 7) is 4.72. The number of likely N-dealkylation sites (tertiary alicyclic amines) is 1. The van der Waals surface area contributed by atoms with E-state index in [1.807, 2.05) is 25.1 Å². The Labute approximate surface area is 155 Å². The lowest BCUT2D eigenvalue weighted by Gasteiger charge is -2.20. The maximum Gasteiger partial charge on any atom is 0.310 e. The van der Waals surface area contributed by atoms with Crippen LogP contribution < -0.4 is 4.74 Å². The molecule has 4 heteroatoms. The van der Waals surface area contributed by atoms with Crippen LogP contribution in [-0.4, -0.2) is 35.7 Å². The normalized spacial score (nSPS) is 20.2. The lowest BCUT2D eigenvalue weighted by molar-refractivity contribution is -0.147. The highest BCUT2D eigenvalue weighted by molar-refractivity contribution is 5.74. The van der Waals surface area contributed by atoms with E-state index in [-0.39, 0.29) is 0 Å². The first kappa shape index (κ1) is 18.5. The van der Waals surface area contributed by atoms with Gasteiger partial charge in [0.05, 0.1) is 12.0 Å². The second-order valence-corrected chi connectivity index (χ2v) is 7.41. The van der Waals surface area contributed by atoms with Gasteiger partial charge in [-0.3, -0.25) is 9.69 Å². The second kappa shape index (κ2) is 8.37. The minimum atomic E-state index is -0.699.